The molecular weight excluding hydrogens is 464 g/mol. The van der Waals surface area contributed by atoms with Crippen molar-refractivity contribution in [3.63, 3.8) is 0 Å². The van der Waals surface area contributed by atoms with Gasteiger partial charge in [-0.2, -0.15) is 0 Å². The van der Waals surface area contributed by atoms with Crippen LogP contribution in [0.3, 0.4) is 0 Å². The van der Waals surface area contributed by atoms with Crippen LogP contribution in [0.15, 0.2) is 71.2 Å². The topological polar surface area (TPSA) is 72.8 Å². The third-order valence-corrected chi connectivity index (χ3v) is 7.21. The van der Waals surface area contributed by atoms with Crippen LogP contribution in [0.1, 0.15) is 70.4 Å². The lowest BCUT2D eigenvalue weighted by molar-refractivity contribution is -0.120. The number of ketones is 2. The molecule has 0 spiro atoms. The standard InChI is InChI=1S/C32H32O5/c1-31(2)16-23(34)29-26(18-31)37-27-19-32(3,4)17-24(35)30(27)28(29)22-9-5-6-10-25(22)36-15-7-8-20-11-13-21(33)14-12-20/h5-6,9-14,28,33H,15-19H2,1-4H3. The first-order valence-electron chi connectivity index (χ1n) is 12.7. The average Bonchev–Trinajstić information content (AvgIpc) is 2.80. The summed E-state index contributed by atoms with van der Waals surface area (Å²) in [5.74, 6) is 7.77. The van der Waals surface area contributed by atoms with E-state index in [9.17, 15) is 14.7 Å². The van der Waals surface area contributed by atoms with E-state index in [1.807, 2.05) is 24.3 Å². The van der Waals surface area contributed by atoms with Crippen LogP contribution in [0.2, 0.25) is 0 Å². The Bertz CT molecular complexity index is 1340. The second-order valence-electron chi connectivity index (χ2n) is 11.8. The number of phenols is 1. The number of phenolic OH excluding ortho intramolecular Hbond substituents is 1. The quantitative estimate of drug-likeness (QED) is 0.511. The SMILES string of the molecule is CC1(C)CC(=O)C2=C(C1)OC1=C(C(=O)CC(C)(C)C1)C2c1ccccc1OCC#Cc1ccc(O)cc1. The Kier molecular flexibility index (Phi) is 6.23. The number of benzene rings is 2. The molecule has 3 aliphatic rings. The maximum atomic E-state index is 13.5. The van der Waals surface area contributed by atoms with Gasteiger partial charge in [-0.25, -0.2) is 0 Å². The molecule has 2 aromatic rings. The molecule has 0 amide bonds. The van der Waals surface area contributed by atoms with Crippen LogP contribution in [-0.4, -0.2) is 23.3 Å². The molecule has 0 aromatic heterocycles. The molecule has 5 rings (SSSR count). The van der Waals surface area contributed by atoms with E-state index >= 15 is 0 Å². The number of ether oxygens (including phenoxy) is 2. The summed E-state index contributed by atoms with van der Waals surface area (Å²) in [7, 11) is 0. The van der Waals surface area contributed by atoms with Gasteiger partial charge in [0, 0.05) is 48.0 Å². The van der Waals surface area contributed by atoms with Crippen LogP contribution in [0, 0.1) is 22.7 Å². The van der Waals surface area contributed by atoms with Crippen LogP contribution < -0.4 is 4.74 Å². The maximum absolute atomic E-state index is 13.5. The Balaban J connectivity index is 1.53. The number of Topliss-reactive ketones (excluding diaryl/α,β-unsaturated/α-hetero) is 2. The van der Waals surface area contributed by atoms with E-state index in [1.54, 1.807) is 24.3 Å². The smallest absolute Gasteiger partial charge is 0.163 e. The molecule has 5 nitrogen and oxygen atoms in total. The molecule has 2 aliphatic carbocycles. The predicted octanol–water partition coefficient (Wildman–Crippen LogP) is 6.22. The van der Waals surface area contributed by atoms with Gasteiger partial charge < -0.3 is 14.6 Å². The van der Waals surface area contributed by atoms with Crippen molar-refractivity contribution < 1.29 is 24.2 Å². The van der Waals surface area contributed by atoms with Crippen LogP contribution in [0.25, 0.3) is 0 Å². The highest BCUT2D eigenvalue weighted by Gasteiger charge is 2.48. The van der Waals surface area contributed by atoms with E-state index in [2.05, 4.69) is 39.5 Å². The lowest BCUT2D eigenvalue weighted by atomic mass is 9.65. The Hall–Kier alpha value is -3.78. The summed E-state index contributed by atoms with van der Waals surface area (Å²) in [4.78, 5) is 27.1. The van der Waals surface area contributed by atoms with Crippen molar-refractivity contribution in [1.29, 1.82) is 0 Å². The van der Waals surface area contributed by atoms with Gasteiger partial charge in [0.05, 0.1) is 5.92 Å². The number of rotatable bonds is 3. The number of hydrogen-bond acceptors (Lipinski definition) is 5. The Morgan fingerprint density at radius 2 is 1.43 bits per heavy atom. The molecule has 2 aromatic carbocycles. The molecule has 0 atom stereocenters. The van der Waals surface area contributed by atoms with Gasteiger partial charge in [-0.3, -0.25) is 9.59 Å². The van der Waals surface area contributed by atoms with E-state index in [1.165, 1.54) is 0 Å². The fourth-order valence-electron chi connectivity index (χ4n) is 5.63. The molecule has 190 valence electrons. The second-order valence-corrected chi connectivity index (χ2v) is 11.8. The number of carbonyl (C=O) groups is 2. The molecule has 1 aliphatic heterocycles. The van der Waals surface area contributed by atoms with Crippen molar-refractivity contribution in [3.05, 3.63) is 82.3 Å². The monoisotopic (exact) mass is 496 g/mol. The summed E-state index contributed by atoms with van der Waals surface area (Å²) in [5, 5.41) is 9.45. The van der Waals surface area contributed by atoms with Crippen molar-refractivity contribution in [3.8, 4) is 23.3 Å². The molecule has 5 heteroatoms. The third kappa shape index (κ3) is 5.06. The van der Waals surface area contributed by atoms with Gasteiger partial charge in [-0.05, 0) is 41.2 Å². The molecular formula is C32H32O5. The van der Waals surface area contributed by atoms with Crippen molar-refractivity contribution in [2.24, 2.45) is 10.8 Å². The summed E-state index contributed by atoms with van der Waals surface area (Å²) < 4.78 is 12.5. The molecule has 0 fully saturated rings. The average molecular weight is 497 g/mol. The molecule has 0 saturated heterocycles. The summed E-state index contributed by atoms with van der Waals surface area (Å²) in [6, 6.07) is 14.3. The van der Waals surface area contributed by atoms with Crippen molar-refractivity contribution in [1.82, 2.24) is 0 Å². The summed E-state index contributed by atoms with van der Waals surface area (Å²) in [5.41, 5.74) is 2.35. The summed E-state index contributed by atoms with van der Waals surface area (Å²) >= 11 is 0. The van der Waals surface area contributed by atoms with Crippen LogP contribution in [-0.2, 0) is 14.3 Å². The van der Waals surface area contributed by atoms with Crippen molar-refractivity contribution >= 4 is 11.6 Å². The van der Waals surface area contributed by atoms with E-state index < -0.39 is 5.92 Å². The molecule has 0 unspecified atom stereocenters. The minimum Gasteiger partial charge on any atom is -0.508 e. The first kappa shape index (κ1) is 24.9. The third-order valence-electron chi connectivity index (χ3n) is 7.21. The van der Waals surface area contributed by atoms with E-state index in [4.69, 9.17) is 9.47 Å². The first-order chi connectivity index (χ1) is 17.5. The van der Waals surface area contributed by atoms with Crippen molar-refractivity contribution in [2.45, 2.75) is 59.3 Å². The normalized spacial score (nSPS) is 20.4. The molecule has 1 N–H and O–H groups in total. The fraction of sp³-hybridized carbons (Fsp3) is 0.375. The van der Waals surface area contributed by atoms with Gasteiger partial charge in [-0.1, -0.05) is 57.7 Å². The Labute approximate surface area is 218 Å². The van der Waals surface area contributed by atoms with Gasteiger partial charge in [0.2, 0.25) is 0 Å². The highest BCUT2D eigenvalue weighted by atomic mass is 16.5. The minimum atomic E-state index is -0.507. The minimum absolute atomic E-state index is 0.0300. The van der Waals surface area contributed by atoms with Gasteiger partial charge >= 0.3 is 0 Å². The molecule has 0 bridgehead atoms. The molecule has 0 saturated carbocycles. The van der Waals surface area contributed by atoms with E-state index in [0.29, 0.717) is 54.1 Å². The second kappa shape index (κ2) is 9.27. The fourth-order valence-corrected chi connectivity index (χ4v) is 5.63. The van der Waals surface area contributed by atoms with Gasteiger partial charge in [-0.15, -0.1) is 0 Å². The number of para-hydroxylation sites is 1. The van der Waals surface area contributed by atoms with Crippen molar-refractivity contribution in [2.75, 3.05) is 6.61 Å². The maximum Gasteiger partial charge on any atom is 0.163 e. The lowest BCUT2D eigenvalue weighted by Gasteiger charge is -2.42. The number of hydrogen-bond donors (Lipinski definition) is 1. The van der Waals surface area contributed by atoms with Gasteiger partial charge in [0.1, 0.15) is 29.6 Å². The predicted molar refractivity (Wildman–Crippen MR) is 141 cm³/mol. The largest absolute Gasteiger partial charge is 0.508 e. The van der Waals surface area contributed by atoms with E-state index in [-0.39, 0.29) is 34.8 Å². The molecule has 1 heterocycles. The number of allylic oxidation sites excluding steroid dienone is 4. The van der Waals surface area contributed by atoms with E-state index in [0.717, 1.165) is 11.1 Å². The van der Waals surface area contributed by atoms with Crippen LogP contribution in [0.5, 0.6) is 11.5 Å². The highest BCUT2D eigenvalue weighted by molar-refractivity contribution is 6.06. The zero-order valence-electron chi connectivity index (χ0n) is 21.8. The van der Waals surface area contributed by atoms with Crippen LogP contribution in [0.4, 0.5) is 0 Å². The van der Waals surface area contributed by atoms with Gasteiger partial charge in [0.15, 0.2) is 11.6 Å². The first-order valence-corrected chi connectivity index (χ1v) is 12.7. The van der Waals surface area contributed by atoms with Crippen LogP contribution >= 0.6 is 0 Å². The lowest BCUT2D eigenvalue weighted by Crippen LogP contribution is -2.37. The number of carbonyl (C=O) groups excluding carboxylic acids is 2. The zero-order chi connectivity index (χ0) is 26.4. The summed E-state index contributed by atoms with van der Waals surface area (Å²) in [6.07, 6.45) is 2.12. The Morgan fingerprint density at radius 1 is 0.865 bits per heavy atom. The summed E-state index contributed by atoms with van der Waals surface area (Å²) in [6.45, 7) is 8.46. The zero-order valence-corrected chi connectivity index (χ0v) is 21.8. The Morgan fingerprint density at radius 3 is 2.03 bits per heavy atom. The van der Waals surface area contributed by atoms with Gasteiger partial charge in [0.25, 0.3) is 0 Å². The highest BCUT2D eigenvalue weighted by Crippen LogP contribution is 2.54. The molecule has 0 radical (unpaired) electrons. The molecule has 37 heavy (non-hydrogen) atoms. The number of aromatic hydroxyl groups is 1.